The molecule has 16 heavy (non-hydrogen) atoms. The van der Waals surface area contributed by atoms with Crippen LogP contribution in [0.15, 0.2) is 30.3 Å². The van der Waals surface area contributed by atoms with Crippen molar-refractivity contribution in [3.63, 3.8) is 0 Å². The molecule has 3 nitrogen and oxygen atoms in total. The van der Waals surface area contributed by atoms with E-state index in [-0.39, 0.29) is 0 Å². The van der Waals surface area contributed by atoms with Crippen LogP contribution in [0, 0.1) is 0 Å². The summed E-state index contributed by atoms with van der Waals surface area (Å²) in [7, 11) is 0. The van der Waals surface area contributed by atoms with Crippen LogP contribution in [0.2, 0.25) is 0 Å². The minimum atomic E-state index is -0.568. The van der Waals surface area contributed by atoms with Crippen molar-refractivity contribution in [2.24, 2.45) is 0 Å². The average Bonchev–Trinajstić information content (AvgIpc) is 2.39. The van der Waals surface area contributed by atoms with Crippen molar-refractivity contribution in [1.82, 2.24) is 5.32 Å². The van der Waals surface area contributed by atoms with Gasteiger partial charge in [-0.25, -0.2) is 0 Å². The number of hydrogen-bond acceptors (Lipinski definition) is 3. The Kier molecular flexibility index (Phi) is 3.70. The summed E-state index contributed by atoms with van der Waals surface area (Å²) >= 11 is 0. The van der Waals surface area contributed by atoms with E-state index in [0.717, 1.165) is 37.8 Å². The maximum Gasteiger partial charge on any atom is 0.151 e. The van der Waals surface area contributed by atoms with Crippen LogP contribution in [0.1, 0.15) is 18.4 Å². The van der Waals surface area contributed by atoms with Crippen LogP contribution in [0.25, 0.3) is 0 Å². The van der Waals surface area contributed by atoms with Gasteiger partial charge >= 0.3 is 0 Å². The smallest absolute Gasteiger partial charge is 0.151 e. The van der Waals surface area contributed by atoms with E-state index in [1.54, 1.807) is 0 Å². The largest absolute Gasteiger partial charge is 0.363 e. The molecule has 3 heteroatoms. The molecule has 1 aliphatic heterocycles. The number of hydrogen-bond donors (Lipinski definition) is 1. The van der Waals surface area contributed by atoms with Gasteiger partial charge in [0, 0.05) is 0 Å². The van der Waals surface area contributed by atoms with Crippen molar-refractivity contribution in [3.05, 3.63) is 35.9 Å². The normalized spacial score (nSPS) is 19.2. The molecule has 1 aliphatic rings. The maximum atomic E-state index is 11.2. The zero-order valence-electron chi connectivity index (χ0n) is 9.32. The number of carbonyl (C=O) groups is 1. The summed E-state index contributed by atoms with van der Waals surface area (Å²) in [5, 5.41) is 3.23. The molecule has 1 fully saturated rings. The molecule has 0 bridgehead atoms. The van der Waals surface area contributed by atoms with E-state index in [1.807, 2.05) is 30.3 Å². The van der Waals surface area contributed by atoms with Gasteiger partial charge in [0.1, 0.15) is 5.60 Å². The molecule has 0 atom stereocenters. The lowest BCUT2D eigenvalue weighted by molar-refractivity contribution is -0.137. The first-order valence-corrected chi connectivity index (χ1v) is 5.70. The molecule has 1 aromatic rings. The molecule has 0 aromatic heterocycles. The molecule has 0 radical (unpaired) electrons. The van der Waals surface area contributed by atoms with E-state index in [1.165, 1.54) is 0 Å². The molecule has 1 aromatic carbocycles. The number of piperidine rings is 1. The zero-order chi connectivity index (χ0) is 11.3. The van der Waals surface area contributed by atoms with Gasteiger partial charge in [-0.15, -0.1) is 0 Å². The van der Waals surface area contributed by atoms with Gasteiger partial charge in [-0.05, 0) is 31.5 Å². The van der Waals surface area contributed by atoms with E-state index in [9.17, 15) is 4.79 Å². The fraction of sp³-hybridized carbons (Fsp3) is 0.462. The third-order valence-electron chi connectivity index (χ3n) is 3.03. The minimum Gasteiger partial charge on any atom is -0.363 e. The highest BCUT2D eigenvalue weighted by Crippen LogP contribution is 2.22. The highest BCUT2D eigenvalue weighted by molar-refractivity contribution is 5.62. The van der Waals surface area contributed by atoms with Crippen molar-refractivity contribution in [3.8, 4) is 0 Å². The topological polar surface area (TPSA) is 38.3 Å². The van der Waals surface area contributed by atoms with Gasteiger partial charge in [-0.3, -0.25) is 0 Å². The van der Waals surface area contributed by atoms with Crippen molar-refractivity contribution in [2.75, 3.05) is 13.1 Å². The summed E-state index contributed by atoms with van der Waals surface area (Å²) in [5.74, 6) is 0. The Bertz CT molecular complexity index is 331. The van der Waals surface area contributed by atoms with Crippen LogP contribution in [0.4, 0.5) is 0 Å². The Morgan fingerprint density at radius 2 is 1.94 bits per heavy atom. The van der Waals surface area contributed by atoms with Gasteiger partial charge in [0.25, 0.3) is 0 Å². The van der Waals surface area contributed by atoms with Crippen molar-refractivity contribution >= 4 is 6.29 Å². The molecule has 0 unspecified atom stereocenters. The summed E-state index contributed by atoms with van der Waals surface area (Å²) < 4.78 is 5.80. The van der Waals surface area contributed by atoms with Gasteiger partial charge in [-0.2, -0.15) is 0 Å². The minimum absolute atomic E-state index is 0.513. The fourth-order valence-corrected chi connectivity index (χ4v) is 1.95. The molecule has 0 spiro atoms. The van der Waals surface area contributed by atoms with E-state index in [4.69, 9.17) is 4.74 Å². The quantitative estimate of drug-likeness (QED) is 0.780. The average molecular weight is 219 g/mol. The monoisotopic (exact) mass is 219 g/mol. The van der Waals surface area contributed by atoms with Crippen molar-refractivity contribution in [2.45, 2.75) is 25.0 Å². The van der Waals surface area contributed by atoms with Crippen molar-refractivity contribution < 1.29 is 9.53 Å². The molecule has 0 aliphatic carbocycles. The molecule has 1 saturated heterocycles. The summed E-state index contributed by atoms with van der Waals surface area (Å²) in [5.41, 5.74) is 0.545. The predicted octanol–water partition coefficient (Wildman–Crippen LogP) is 1.52. The number of rotatable bonds is 4. The number of aldehydes is 1. The number of ether oxygens (including phenoxy) is 1. The van der Waals surface area contributed by atoms with E-state index in [0.29, 0.717) is 6.61 Å². The highest BCUT2D eigenvalue weighted by atomic mass is 16.5. The van der Waals surface area contributed by atoms with Crippen LogP contribution in [0.5, 0.6) is 0 Å². The van der Waals surface area contributed by atoms with Gasteiger partial charge in [0.2, 0.25) is 0 Å². The fourth-order valence-electron chi connectivity index (χ4n) is 1.95. The molecule has 86 valence electrons. The Balaban J connectivity index is 1.94. The lowest BCUT2D eigenvalue weighted by Crippen LogP contribution is -2.45. The number of benzene rings is 1. The first-order chi connectivity index (χ1) is 7.85. The number of carbonyl (C=O) groups excluding carboxylic acids is 1. The summed E-state index contributed by atoms with van der Waals surface area (Å²) in [6.07, 6.45) is 2.50. The van der Waals surface area contributed by atoms with E-state index < -0.39 is 5.60 Å². The molecule has 1 heterocycles. The van der Waals surface area contributed by atoms with Crippen molar-refractivity contribution in [1.29, 1.82) is 0 Å². The Labute approximate surface area is 95.8 Å². The van der Waals surface area contributed by atoms with Gasteiger partial charge in [-0.1, -0.05) is 30.3 Å². The van der Waals surface area contributed by atoms with Crippen LogP contribution in [-0.2, 0) is 16.1 Å². The van der Waals surface area contributed by atoms with Gasteiger partial charge in [0.15, 0.2) is 6.29 Å². The Morgan fingerprint density at radius 3 is 2.56 bits per heavy atom. The lowest BCUT2D eigenvalue weighted by atomic mass is 9.94. The molecule has 1 N–H and O–H groups in total. The first kappa shape index (κ1) is 11.3. The molecular formula is C13H17NO2. The molecule has 2 rings (SSSR count). The Morgan fingerprint density at radius 1 is 1.25 bits per heavy atom. The van der Waals surface area contributed by atoms with Gasteiger partial charge in [0.05, 0.1) is 6.61 Å². The van der Waals surface area contributed by atoms with Crippen LogP contribution < -0.4 is 5.32 Å². The second-order valence-electron chi connectivity index (χ2n) is 4.21. The lowest BCUT2D eigenvalue weighted by Gasteiger charge is -2.32. The third kappa shape index (κ3) is 2.68. The van der Waals surface area contributed by atoms with Crippen LogP contribution >= 0.6 is 0 Å². The zero-order valence-corrected chi connectivity index (χ0v) is 9.32. The summed E-state index contributed by atoms with van der Waals surface area (Å²) in [4.78, 5) is 11.2. The highest BCUT2D eigenvalue weighted by Gasteiger charge is 2.32. The van der Waals surface area contributed by atoms with E-state index >= 15 is 0 Å². The summed E-state index contributed by atoms with van der Waals surface area (Å²) in [6, 6.07) is 9.96. The Hall–Kier alpha value is -1.19. The second-order valence-corrected chi connectivity index (χ2v) is 4.21. The SMILES string of the molecule is O=CC1(OCc2ccccc2)CCNCC1. The third-order valence-corrected chi connectivity index (χ3v) is 3.03. The van der Waals surface area contributed by atoms with Gasteiger partial charge < -0.3 is 14.8 Å². The summed E-state index contributed by atoms with van der Waals surface area (Å²) in [6.45, 7) is 2.22. The predicted molar refractivity (Wildman–Crippen MR) is 62.1 cm³/mol. The number of nitrogens with one attached hydrogen (secondary N) is 1. The first-order valence-electron chi connectivity index (χ1n) is 5.70. The van der Waals surface area contributed by atoms with E-state index in [2.05, 4.69) is 5.32 Å². The maximum absolute atomic E-state index is 11.2. The van der Waals surface area contributed by atoms with Crippen LogP contribution in [-0.4, -0.2) is 25.0 Å². The second kappa shape index (κ2) is 5.23. The standard InChI is InChI=1S/C13H17NO2/c15-11-13(6-8-14-9-7-13)16-10-12-4-2-1-3-5-12/h1-5,11,14H,6-10H2. The molecular weight excluding hydrogens is 202 g/mol. The molecule has 0 amide bonds. The van der Waals surface area contributed by atoms with Crippen LogP contribution in [0.3, 0.4) is 0 Å². The molecule has 0 saturated carbocycles.